The molecule has 1 aromatic carbocycles. The maximum absolute atomic E-state index is 12.0. The number of carbonyl (C=O) groups is 2. The van der Waals surface area contributed by atoms with E-state index in [9.17, 15) is 9.59 Å². The summed E-state index contributed by atoms with van der Waals surface area (Å²) in [7, 11) is 0. The van der Waals surface area contributed by atoms with E-state index in [4.69, 9.17) is 4.42 Å². The molecule has 2 N–H and O–H groups in total. The van der Waals surface area contributed by atoms with E-state index in [1.165, 1.54) is 6.08 Å². The van der Waals surface area contributed by atoms with Crippen molar-refractivity contribution in [2.75, 3.05) is 0 Å². The number of nitrogens with one attached hydrogen (secondary N) is 2. The van der Waals surface area contributed by atoms with E-state index in [1.54, 1.807) is 18.2 Å². The van der Waals surface area contributed by atoms with Gasteiger partial charge >= 0.3 is 0 Å². The molecule has 0 saturated heterocycles. The van der Waals surface area contributed by atoms with Crippen LogP contribution in [0.15, 0.2) is 46.9 Å². The zero-order valence-electron chi connectivity index (χ0n) is 14.4. The molecule has 25 heavy (non-hydrogen) atoms. The van der Waals surface area contributed by atoms with Gasteiger partial charge in [-0.3, -0.25) is 20.4 Å². The fraction of sp³-hybridized carbons (Fsp3) is 0.300. The standard InChI is InChI=1S/C20H22N2O3/c1-3-14-4-6-15(7-5-14)20(24)22-21-19(23)11-9-16-8-10-18(25-16)17-12-13(17)2/h4-11,13,17H,3,12H2,1-2H3,(H,21,23)(H,22,24)/b11-9+. The summed E-state index contributed by atoms with van der Waals surface area (Å²) in [6.45, 7) is 4.24. The maximum Gasteiger partial charge on any atom is 0.269 e. The molecule has 5 nitrogen and oxygen atoms in total. The first-order valence-electron chi connectivity index (χ1n) is 8.54. The van der Waals surface area contributed by atoms with Crippen LogP contribution in [0, 0.1) is 5.92 Å². The maximum atomic E-state index is 12.0. The van der Waals surface area contributed by atoms with Crippen molar-refractivity contribution in [1.29, 1.82) is 0 Å². The lowest BCUT2D eigenvalue weighted by Crippen LogP contribution is -2.40. The number of hydrogen-bond donors (Lipinski definition) is 2. The first kappa shape index (κ1) is 17.0. The monoisotopic (exact) mass is 338 g/mol. The van der Waals surface area contributed by atoms with Gasteiger partial charge in [-0.15, -0.1) is 0 Å². The van der Waals surface area contributed by atoms with E-state index in [-0.39, 0.29) is 5.91 Å². The van der Waals surface area contributed by atoms with Crippen LogP contribution in [0.1, 0.15) is 53.6 Å². The summed E-state index contributed by atoms with van der Waals surface area (Å²) in [6.07, 6.45) is 4.99. The van der Waals surface area contributed by atoms with Crippen LogP contribution >= 0.6 is 0 Å². The molecule has 1 saturated carbocycles. The minimum absolute atomic E-state index is 0.354. The Morgan fingerprint density at radius 3 is 2.52 bits per heavy atom. The van der Waals surface area contributed by atoms with Gasteiger partial charge in [0.15, 0.2) is 0 Å². The molecule has 1 aliphatic carbocycles. The Labute approximate surface area is 147 Å². The number of hydrazine groups is 1. The third-order valence-corrected chi connectivity index (χ3v) is 4.45. The molecule has 0 spiro atoms. The van der Waals surface area contributed by atoms with Crippen molar-refractivity contribution in [1.82, 2.24) is 10.9 Å². The summed E-state index contributed by atoms with van der Waals surface area (Å²) >= 11 is 0. The van der Waals surface area contributed by atoms with E-state index in [0.29, 0.717) is 23.2 Å². The van der Waals surface area contributed by atoms with Gasteiger partial charge in [0.25, 0.3) is 11.8 Å². The second-order valence-corrected chi connectivity index (χ2v) is 6.39. The van der Waals surface area contributed by atoms with Gasteiger partial charge in [-0.05, 0) is 54.7 Å². The number of benzene rings is 1. The summed E-state index contributed by atoms with van der Waals surface area (Å²) < 4.78 is 5.69. The first-order valence-corrected chi connectivity index (χ1v) is 8.54. The Bertz CT molecular complexity index is 790. The highest BCUT2D eigenvalue weighted by Crippen LogP contribution is 2.47. The van der Waals surface area contributed by atoms with Crippen LogP contribution in [-0.4, -0.2) is 11.8 Å². The van der Waals surface area contributed by atoms with Gasteiger partial charge in [-0.25, -0.2) is 0 Å². The van der Waals surface area contributed by atoms with Gasteiger partial charge < -0.3 is 4.42 Å². The van der Waals surface area contributed by atoms with Crippen molar-refractivity contribution in [3.05, 3.63) is 65.1 Å². The van der Waals surface area contributed by atoms with Crippen molar-refractivity contribution in [2.45, 2.75) is 32.6 Å². The summed E-state index contributed by atoms with van der Waals surface area (Å²) in [5.74, 6) is 2.01. The van der Waals surface area contributed by atoms with Crippen molar-refractivity contribution >= 4 is 17.9 Å². The third kappa shape index (κ3) is 4.38. The van der Waals surface area contributed by atoms with E-state index in [0.717, 1.165) is 24.2 Å². The first-order chi connectivity index (χ1) is 12.1. The second-order valence-electron chi connectivity index (χ2n) is 6.39. The summed E-state index contributed by atoms with van der Waals surface area (Å²) in [5, 5.41) is 0. The Kier molecular flexibility index (Phi) is 5.03. The third-order valence-electron chi connectivity index (χ3n) is 4.45. The molecule has 1 heterocycles. The lowest BCUT2D eigenvalue weighted by molar-refractivity contribution is -0.117. The Morgan fingerprint density at radius 1 is 1.16 bits per heavy atom. The highest BCUT2D eigenvalue weighted by molar-refractivity contribution is 5.97. The summed E-state index contributed by atoms with van der Waals surface area (Å²) in [6, 6.07) is 11.1. The second kappa shape index (κ2) is 7.38. The molecule has 5 heteroatoms. The smallest absolute Gasteiger partial charge is 0.269 e. The molecular formula is C20H22N2O3. The molecule has 130 valence electrons. The van der Waals surface area contributed by atoms with Crippen molar-refractivity contribution < 1.29 is 14.0 Å². The predicted molar refractivity (Wildman–Crippen MR) is 95.7 cm³/mol. The van der Waals surface area contributed by atoms with E-state index >= 15 is 0 Å². The lowest BCUT2D eigenvalue weighted by atomic mass is 10.1. The largest absolute Gasteiger partial charge is 0.461 e. The molecule has 0 radical (unpaired) electrons. The molecule has 2 atom stereocenters. The van der Waals surface area contributed by atoms with Crippen LogP contribution in [0.25, 0.3) is 6.08 Å². The number of aryl methyl sites for hydroxylation is 1. The van der Waals surface area contributed by atoms with Gasteiger partial charge in [-0.1, -0.05) is 26.0 Å². The average molecular weight is 338 g/mol. The highest BCUT2D eigenvalue weighted by atomic mass is 16.3. The normalized spacial score (nSPS) is 19.0. The van der Waals surface area contributed by atoms with Gasteiger partial charge in [0.1, 0.15) is 11.5 Å². The fourth-order valence-electron chi connectivity index (χ4n) is 2.66. The van der Waals surface area contributed by atoms with Gasteiger partial charge in [0, 0.05) is 17.6 Å². The Morgan fingerprint density at radius 2 is 1.88 bits per heavy atom. The average Bonchev–Trinajstić information content (AvgIpc) is 3.18. The number of carbonyl (C=O) groups excluding carboxylic acids is 2. The molecule has 1 aliphatic rings. The zero-order valence-corrected chi connectivity index (χ0v) is 14.4. The predicted octanol–water partition coefficient (Wildman–Crippen LogP) is 3.44. The number of amides is 2. The van der Waals surface area contributed by atoms with Gasteiger partial charge in [-0.2, -0.15) is 0 Å². The lowest BCUT2D eigenvalue weighted by Gasteiger charge is -2.05. The molecule has 2 aromatic rings. The van der Waals surface area contributed by atoms with Crippen LogP contribution in [0.3, 0.4) is 0 Å². The fourth-order valence-corrected chi connectivity index (χ4v) is 2.66. The van der Waals surface area contributed by atoms with Gasteiger partial charge in [0.2, 0.25) is 0 Å². The topological polar surface area (TPSA) is 71.3 Å². The Balaban J connectivity index is 1.48. The van der Waals surface area contributed by atoms with Crippen molar-refractivity contribution in [3.8, 4) is 0 Å². The summed E-state index contributed by atoms with van der Waals surface area (Å²) in [4.78, 5) is 23.8. The molecule has 1 fully saturated rings. The van der Waals surface area contributed by atoms with E-state index in [2.05, 4.69) is 24.7 Å². The quantitative estimate of drug-likeness (QED) is 0.648. The molecule has 2 unspecified atom stereocenters. The molecule has 0 aliphatic heterocycles. The number of furan rings is 1. The SMILES string of the molecule is CCc1ccc(C(=O)NNC(=O)/C=C/c2ccc(C3CC3C)o2)cc1. The van der Waals surface area contributed by atoms with Crippen LogP contribution in [0.4, 0.5) is 0 Å². The molecule has 2 amide bonds. The van der Waals surface area contributed by atoms with Crippen molar-refractivity contribution in [3.63, 3.8) is 0 Å². The molecule has 0 bridgehead atoms. The van der Waals surface area contributed by atoms with Gasteiger partial charge in [0.05, 0.1) is 0 Å². The van der Waals surface area contributed by atoms with Crippen LogP contribution in [-0.2, 0) is 11.2 Å². The minimum atomic E-state index is -0.420. The minimum Gasteiger partial charge on any atom is -0.461 e. The number of hydrogen-bond acceptors (Lipinski definition) is 3. The highest BCUT2D eigenvalue weighted by Gasteiger charge is 2.36. The summed E-state index contributed by atoms with van der Waals surface area (Å²) in [5.41, 5.74) is 6.40. The Hall–Kier alpha value is -2.82. The zero-order chi connectivity index (χ0) is 17.8. The van der Waals surface area contributed by atoms with Crippen LogP contribution in [0.2, 0.25) is 0 Å². The van der Waals surface area contributed by atoms with E-state index in [1.807, 2.05) is 24.3 Å². The molecule has 3 rings (SSSR count). The molecule has 1 aromatic heterocycles. The van der Waals surface area contributed by atoms with E-state index < -0.39 is 5.91 Å². The van der Waals surface area contributed by atoms with Crippen LogP contribution in [0.5, 0.6) is 0 Å². The molecular weight excluding hydrogens is 316 g/mol. The number of rotatable bonds is 5. The van der Waals surface area contributed by atoms with Crippen LogP contribution < -0.4 is 10.9 Å². The van der Waals surface area contributed by atoms with Crippen molar-refractivity contribution in [2.24, 2.45) is 5.92 Å².